The van der Waals surface area contributed by atoms with Gasteiger partial charge in [-0.3, -0.25) is 0 Å². The van der Waals surface area contributed by atoms with E-state index in [9.17, 15) is 0 Å². The third kappa shape index (κ3) is 2.90. The van der Waals surface area contributed by atoms with E-state index in [0.29, 0.717) is 10.8 Å². The smallest absolute Gasteiger partial charge is 0.00885 e. The van der Waals surface area contributed by atoms with Crippen LogP contribution in [-0.4, -0.2) is 13.1 Å². The van der Waals surface area contributed by atoms with Crippen molar-refractivity contribution in [1.82, 2.24) is 5.32 Å². The highest BCUT2D eigenvalue weighted by Crippen LogP contribution is 2.62. The molecule has 2 aliphatic rings. The van der Waals surface area contributed by atoms with Gasteiger partial charge in [0, 0.05) is 12.0 Å². The van der Waals surface area contributed by atoms with Crippen molar-refractivity contribution in [3.8, 4) is 0 Å². The fourth-order valence-electron chi connectivity index (χ4n) is 5.08. The van der Waals surface area contributed by atoms with Crippen molar-refractivity contribution in [1.29, 1.82) is 0 Å². The van der Waals surface area contributed by atoms with Crippen molar-refractivity contribution in [2.75, 3.05) is 13.1 Å². The molecular weight excluding hydrogens is 254 g/mol. The molecule has 0 atom stereocenters. The van der Waals surface area contributed by atoms with Crippen LogP contribution < -0.4 is 5.32 Å². The maximum atomic E-state index is 3.72. The van der Waals surface area contributed by atoms with Crippen LogP contribution in [0.15, 0.2) is 18.2 Å². The van der Waals surface area contributed by atoms with E-state index in [1.807, 2.05) is 0 Å². The van der Waals surface area contributed by atoms with E-state index in [-0.39, 0.29) is 0 Å². The second-order valence-corrected chi connectivity index (χ2v) is 7.89. The Kier molecular flexibility index (Phi) is 4.14. The topological polar surface area (TPSA) is 12.0 Å². The summed E-state index contributed by atoms with van der Waals surface area (Å²) in [5.41, 5.74) is 5.56. The van der Waals surface area contributed by atoms with Crippen molar-refractivity contribution < 1.29 is 0 Å². The Morgan fingerprint density at radius 1 is 1.00 bits per heavy atom. The van der Waals surface area contributed by atoms with Crippen LogP contribution in [-0.2, 0) is 5.41 Å². The molecule has 3 rings (SSSR count). The summed E-state index contributed by atoms with van der Waals surface area (Å²) in [6.07, 6.45) is 9.95. The average molecular weight is 285 g/mol. The second-order valence-electron chi connectivity index (χ2n) is 7.89. The lowest BCUT2D eigenvalue weighted by atomic mass is 9.49. The Morgan fingerprint density at radius 3 is 2.19 bits per heavy atom. The third-order valence-corrected chi connectivity index (χ3v) is 5.82. The van der Waals surface area contributed by atoms with Crippen LogP contribution in [0.4, 0.5) is 0 Å². The van der Waals surface area contributed by atoms with Gasteiger partial charge in [0.05, 0.1) is 0 Å². The Morgan fingerprint density at radius 2 is 1.62 bits per heavy atom. The first-order valence-corrected chi connectivity index (χ1v) is 8.87. The molecule has 1 spiro atoms. The molecule has 21 heavy (non-hydrogen) atoms. The summed E-state index contributed by atoms with van der Waals surface area (Å²) in [6, 6.07) is 7.20. The highest BCUT2D eigenvalue weighted by atomic mass is 14.9. The monoisotopic (exact) mass is 285 g/mol. The van der Waals surface area contributed by atoms with Gasteiger partial charge < -0.3 is 5.32 Å². The Hall–Kier alpha value is -0.820. The lowest BCUT2D eigenvalue weighted by Crippen LogP contribution is -2.54. The van der Waals surface area contributed by atoms with E-state index in [2.05, 4.69) is 44.3 Å². The molecule has 2 fully saturated rings. The largest absolute Gasteiger partial charge is 0.316 e. The van der Waals surface area contributed by atoms with E-state index in [0.717, 1.165) is 6.54 Å². The second kappa shape index (κ2) is 5.76. The van der Waals surface area contributed by atoms with Crippen molar-refractivity contribution >= 4 is 0 Å². The molecule has 116 valence electrons. The molecule has 1 aromatic carbocycles. The lowest BCUT2D eigenvalue weighted by Gasteiger charge is -2.56. The van der Waals surface area contributed by atoms with Gasteiger partial charge in [-0.15, -0.1) is 0 Å². The van der Waals surface area contributed by atoms with Gasteiger partial charge >= 0.3 is 0 Å². The molecular formula is C20H31N. The number of rotatable bonds is 5. The molecule has 0 saturated heterocycles. The maximum Gasteiger partial charge on any atom is 0.00885 e. The normalized spacial score (nSPS) is 22.4. The lowest BCUT2D eigenvalue weighted by molar-refractivity contribution is 0.0270. The molecule has 0 aromatic heterocycles. The number of aryl methyl sites for hydroxylation is 2. The van der Waals surface area contributed by atoms with Crippen LogP contribution in [0.5, 0.6) is 0 Å². The van der Waals surface area contributed by atoms with Gasteiger partial charge in [0.1, 0.15) is 0 Å². The van der Waals surface area contributed by atoms with Gasteiger partial charge in [0.2, 0.25) is 0 Å². The first kappa shape index (κ1) is 15.1. The van der Waals surface area contributed by atoms with E-state index < -0.39 is 0 Å². The minimum atomic E-state index is 0.413. The van der Waals surface area contributed by atoms with Gasteiger partial charge in [0.25, 0.3) is 0 Å². The summed E-state index contributed by atoms with van der Waals surface area (Å²) in [6.45, 7) is 9.07. The van der Waals surface area contributed by atoms with Gasteiger partial charge in [-0.1, -0.05) is 49.1 Å². The minimum Gasteiger partial charge on any atom is -0.316 e. The molecule has 0 radical (unpaired) electrons. The summed E-state index contributed by atoms with van der Waals surface area (Å²) in [5, 5.41) is 3.72. The molecule has 1 aromatic rings. The third-order valence-electron chi connectivity index (χ3n) is 5.82. The minimum absolute atomic E-state index is 0.413. The van der Waals surface area contributed by atoms with Gasteiger partial charge in [-0.25, -0.2) is 0 Å². The van der Waals surface area contributed by atoms with Crippen LogP contribution in [0.25, 0.3) is 0 Å². The highest BCUT2D eigenvalue weighted by Gasteiger charge is 2.55. The molecule has 0 bridgehead atoms. The molecule has 0 unspecified atom stereocenters. The first-order valence-electron chi connectivity index (χ1n) is 8.87. The first-order chi connectivity index (χ1) is 10.1. The Bertz CT molecular complexity index is 468. The summed E-state index contributed by atoms with van der Waals surface area (Å²) in [5.74, 6) is 0. The zero-order chi connectivity index (χ0) is 14.9. The van der Waals surface area contributed by atoms with E-state index >= 15 is 0 Å². The van der Waals surface area contributed by atoms with Crippen molar-refractivity contribution in [2.24, 2.45) is 5.41 Å². The van der Waals surface area contributed by atoms with Gasteiger partial charge in [0.15, 0.2) is 0 Å². The predicted octanol–water partition coefficient (Wildman–Crippen LogP) is 4.90. The van der Waals surface area contributed by atoms with Crippen molar-refractivity contribution in [3.63, 3.8) is 0 Å². The van der Waals surface area contributed by atoms with Crippen LogP contribution in [0.3, 0.4) is 0 Å². The summed E-state index contributed by atoms with van der Waals surface area (Å²) in [7, 11) is 0. The molecule has 1 nitrogen and oxygen atoms in total. The molecule has 0 heterocycles. The Labute approximate surface area is 130 Å². The van der Waals surface area contributed by atoms with E-state index in [4.69, 9.17) is 0 Å². The van der Waals surface area contributed by atoms with Crippen LogP contribution in [0.1, 0.15) is 68.6 Å². The molecule has 1 heteroatoms. The van der Waals surface area contributed by atoms with Crippen molar-refractivity contribution in [3.05, 3.63) is 34.9 Å². The van der Waals surface area contributed by atoms with Gasteiger partial charge in [-0.2, -0.15) is 0 Å². The van der Waals surface area contributed by atoms with Gasteiger partial charge in [-0.05, 0) is 63.5 Å². The number of hydrogen-bond acceptors (Lipinski definition) is 1. The van der Waals surface area contributed by atoms with Crippen LogP contribution >= 0.6 is 0 Å². The highest BCUT2D eigenvalue weighted by molar-refractivity contribution is 5.38. The zero-order valence-corrected chi connectivity index (χ0v) is 14.1. The molecule has 2 aliphatic carbocycles. The fourth-order valence-corrected chi connectivity index (χ4v) is 5.08. The number of nitrogens with one attached hydrogen (secondary N) is 1. The van der Waals surface area contributed by atoms with E-state index in [1.165, 1.54) is 62.6 Å². The maximum absolute atomic E-state index is 3.72. The predicted molar refractivity (Wildman–Crippen MR) is 90.9 cm³/mol. The quantitative estimate of drug-likeness (QED) is 0.759. The zero-order valence-electron chi connectivity index (χ0n) is 14.1. The van der Waals surface area contributed by atoms with Crippen LogP contribution in [0.2, 0.25) is 0 Å². The Balaban J connectivity index is 1.83. The summed E-state index contributed by atoms with van der Waals surface area (Å²) < 4.78 is 0. The summed E-state index contributed by atoms with van der Waals surface area (Å²) >= 11 is 0. The number of benzene rings is 1. The van der Waals surface area contributed by atoms with Crippen molar-refractivity contribution in [2.45, 2.75) is 71.1 Å². The standard InChI is InChI=1S/C20H31N/c1-4-9-21-15-20(13-19(14-20)7-5-6-8-19)18-11-16(2)10-17(3)12-18/h10-12,21H,4-9,13-15H2,1-3H3. The SMILES string of the molecule is CCCNCC1(c2cc(C)cc(C)c2)CC2(CCCC2)C1. The fraction of sp³-hybridized carbons (Fsp3) is 0.700. The average Bonchev–Trinajstić information content (AvgIpc) is 2.86. The molecule has 2 saturated carbocycles. The van der Waals surface area contributed by atoms with Crippen LogP contribution in [0, 0.1) is 19.3 Å². The number of hydrogen-bond donors (Lipinski definition) is 1. The molecule has 0 aliphatic heterocycles. The molecule has 1 N–H and O–H groups in total. The molecule has 0 amide bonds. The van der Waals surface area contributed by atoms with E-state index in [1.54, 1.807) is 5.56 Å². The summed E-state index contributed by atoms with van der Waals surface area (Å²) in [4.78, 5) is 0.